The molecule has 0 radical (unpaired) electrons. The minimum atomic E-state index is 0.337. The number of aryl methyl sites for hydroxylation is 2. The Morgan fingerprint density at radius 2 is 1.21 bits per heavy atom. The summed E-state index contributed by atoms with van der Waals surface area (Å²) in [6, 6.07) is 10.8. The first-order chi connectivity index (χ1) is 11.5. The number of hydrogen-bond donors (Lipinski definition) is 2. The predicted molar refractivity (Wildman–Crippen MR) is 93.4 cm³/mol. The summed E-state index contributed by atoms with van der Waals surface area (Å²) in [5.74, 6) is 1.95. The molecule has 0 aliphatic rings. The van der Waals surface area contributed by atoms with E-state index in [0.717, 1.165) is 11.1 Å². The SMILES string of the molecule is Cc1cc(Oc2cncc(Oc3ccc(N)c(C)c3)n2)ccc1N. The van der Waals surface area contributed by atoms with E-state index in [4.69, 9.17) is 20.9 Å². The van der Waals surface area contributed by atoms with Crippen molar-refractivity contribution < 1.29 is 9.47 Å². The van der Waals surface area contributed by atoms with E-state index in [1.54, 1.807) is 24.3 Å². The molecule has 1 heterocycles. The van der Waals surface area contributed by atoms with E-state index in [9.17, 15) is 0 Å². The molecule has 0 saturated heterocycles. The Morgan fingerprint density at radius 1 is 0.750 bits per heavy atom. The number of nitrogens with two attached hydrogens (primary N) is 2. The summed E-state index contributed by atoms with van der Waals surface area (Å²) in [5, 5.41) is 0. The van der Waals surface area contributed by atoms with Crippen LogP contribution in [0.3, 0.4) is 0 Å². The van der Waals surface area contributed by atoms with E-state index < -0.39 is 0 Å². The molecule has 0 aliphatic carbocycles. The molecule has 24 heavy (non-hydrogen) atoms. The standard InChI is InChI=1S/C18H18N4O2/c1-11-7-13(3-5-15(11)19)23-17-9-21-10-18(22-17)24-14-4-6-16(20)12(2)8-14/h3-10H,19-20H2,1-2H3. The molecule has 2 aromatic carbocycles. The number of rotatable bonds is 4. The Morgan fingerprint density at radius 3 is 1.62 bits per heavy atom. The van der Waals surface area contributed by atoms with Crippen LogP contribution in [-0.4, -0.2) is 9.97 Å². The number of benzene rings is 2. The second-order valence-electron chi connectivity index (χ2n) is 5.44. The van der Waals surface area contributed by atoms with E-state index >= 15 is 0 Å². The van der Waals surface area contributed by atoms with Gasteiger partial charge in [0.25, 0.3) is 0 Å². The Bertz CT molecular complexity index is 812. The highest BCUT2D eigenvalue weighted by Gasteiger charge is 2.06. The van der Waals surface area contributed by atoms with Gasteiger partial charge in [-0.05, 0) is 61.4 Å². The third-order valence-electron chi connectivity index (χ3n) is 3.52. The molecular formula is C18H18N4O2. The van der Waals surface area contributed by atoms with Gasteiger partial charge in [-0.1, -0.05) is 0 Å². The summed E-state index contributed by atoms with van der Waals surface area (Å²) < 4.78 is 11.4. The largest absolute Gasteiger partial charge is 0.437 e. The molecule has 6 heteroatoms. The predicted octanol–water partition coefficient (Wildman–Crippen LogP) is 3.84. The van der Waals surface area contributed by atoms with E-state index in [1.165, 1.54) is 12.4 Å². The molecule has 0 aliphatic heterocycles. The molecule has 0 amide bonds. The lowest BCUT2D eigenvalue weighted by atomic mass is 10.2. The number of nitrogen functional groups attached to an aromatic ring is 2. The van der Waals surface area contributed by atoms with E-state index in [0.29, 0.717) is 34.6 Å². The molecular weight excluding hydrogens is 304 g/mol. The number of anilines is 2. The van der Waals surface area contributed by atoms with Gasteiger partial charge in [-0.15, -0.1) is 0 Å². The van der Waals surface area contributed by atoms with E-state index in [-0.39, 0.29) is 0 Å². The van der Waals surface area contributed by atoms with Gasteiger partial charge < -0.3 is 20.9 Å². The minimum absolute atomic E-state index is 0.337. The van der Waals surface area contributed by atoms with Gasteiger partial charge in [-0.2, -0.15) is 4.98 Å². The fourth-order valence-electron chi connectivity index (χ4n) is 2.09. The smallest absolute Gasteiger partial charge is 0.241 e. The quantitative estimate of drug-likeness (QED) is 0.708. The van der Waals surface area contributed by atoms with Gasteiger partial charge in [-0.3, -0.25) is 4.98 Å². The molecule has 1 aromatic heterocycles. The maximum atomic E-state index is 5.80. The first-order valence-electron chi connectivity index (χ1n) is 7.41. The van der Waals surface area contributed by atoms with Crippen molar-refractivity contribution in [3.8, 4) is 23.3 Å². The van der Waals surface area contributed by atoms with Gasteiger partial charge in [0.1, 0.15) is 11.5 Å². The van der Waals surface area contributed by atoms with Crippen molar-refractivity contribution in [2.24, 2.45) is 0 Å². The van der Waals surface area contributed by atoms with Crippen LogP contribution in [0.5, 0.6) is 23.3 Å². The molecule has 6 nitrogen and oxygen atoms in total. The third-order valence-corrected chi connectivity index (χ3v) is 3.52. The highest BCUT2D eigenvalue weighted by Crippen LogP contribution is 2.27. The summed E-state index contributed by atoms with van der Waals surface area (Å²) in [6.45, 7) is 3.83. The Labute approximate surface area is 140 Å². The number of hydrogen-bond acceptors (Lipinski definition) is 6. The van der Waals surface area contributed by atoms with Crippen molar-refractivity contribution in [1.29, 1.82) is 0 Å². The Balaban J connectivity index is 1.78. The Kier molecular flexibility index (Phi) is 4.20. The molecule has 0 spiro atoms. The van der Waals surface area contributed by atoms with Gasteiger partial charge >= 0.3 is 0 Å². The van der Waals surface area contributed by atoms with Crippen molar-refractivity contribution in [1.82, 2.24) is 9.97 Å². The molecule has 0 fully saturated rings. The highest BCUT2D eigenvalue weighted by atomic mass is 16.5. The van der Waals surface area contributed by atoms with Crippen LogP contribution < -0.4 is 20.9 Å². The zero-order chi connectivity index (χ0) is 17.1. The summed E-state index contributed by atoms with van der Waals surface area (Å²) in [7, 11) is 0. The molecule has 4 N–H and O–H groups in total. The van der Waals surface area contributed by atoms with Gasteiger partial charge in [-0.25, -0.2) is 0 Å². The lowest BCUT2D eigenvalue weighted by Crippen LogP contribution is -1.95. The summed E-state index contributed by atoms with van der Waals surface area (Å²) >= 11 is 0. The van der Waals surface area contributed by atoms with E-state index in [1.807, 2.05) is 26.0 Å². The monoisotopic (exact) mass is 322 g/mol. The van der Waals surface area contributed by atoms with Crippen LogP contribution in [0.2, 0.25) is 0 Å². The first kappa shape index (κ1) is 15.6. The van der Waals surface area contributed by atoms with Crippen LogP contribution in [0, 0.1) is 13.8 Å². The van der Waals surface area contributed by atoms with Crippen molar-refractivity contribution in [2.45, 2.75) is 13.8 Å². The zero-order valence-electron chi connectivity index (χ0n) is 13.5. The van der Waals surface area contributed by atoms with Crippen LogP contribution in [0.15, 0.2) is 48.8 Å². The molecule has 0 bridgehead atoms. The molecule has 0 saturated carbocycles. The summed E-state index contributed by atoms with van der Waals surface area (Å²) in [6.07, 6.45) is 3.04. The molecule has 3 rings (SSSR count). The average Bonchev–Trinajstić information content (AvgIpc) is 2.55. The Hall–Kier alpha value is -3.28. The molecule has 3 aromatic rings. The number of ether oxygens (including phenoxy) is 2. The first-order valence-corrected chi connectivity index (χ1v) is 7.41. The van der Waals surface area contributed by atoms with Gasteiger partial charge in [0, 0.05) is 11.4 Å². The van der Waals surface area contributed by atoms with Crippen LogP contribution in [-0.2, 0) is 0 Å². The third kappa shape index (κ3) is 3.55. The normalized spacial score (nSPS) is 10.4. The van der Waals surface area contributed by atoms with Gasteiger partial charge in [0.05, 0.1) is 12.4 Å². The summed E-state index contributed by atoms with van der Waals surface area (Å²) in [4.78, 5) is 8.39. The second kappa shape index (κ2) is 6.45. The maximum absolute atomic E-state index is 5.80. The lowest BCUT2D eigenvalue weighted by molar-refractivity contribution is 0.421. The molecule has 0 unspecified atom stereocenters. The van der Waals surface area contributed by atoms with Gasteiger partial charge in [0.15, 0.2) is 0 Å². The van der Waals surface area contributed by atoms with Gasteiger partial charge in [0.2, 0.25) is 11.8 Å². The maximum Gasteiger partial charge on any atom is 0.241 e. The van der Waals surface area contributed by atoms with Crippen molar-refractivity contribution in [3.05, 3.63) is 59.9 Å². The number of nitrogens with zero attached hydrogens (tertiary/aromatic N) is 2. The molecule has 122 valence electrons. The van der Waals surface area contributed by atoms with Crippen molar-refractivity contribution in [3.63, 3.8) is 0 Å². The topological polar surface area (TPSA) is 96.3 Å². The average molecular weight is 322 g/mol. The van der Waals surface area contributed by atoms with Crippen molar-refractivity contribution in [2.75, 3.05) is 11.5 Å². The molecule has 0 atom stereocenters. The van der Waals surface area contributed by atoms with E-state index in [2.05, 4.69) is 9.97 Å². The lowest BCUT2D eigenvalue weighted by Gasteiger charge is -2.09. The fraction of sp³-hybridized carbons (Fsp3) is 0.111. The second-order valence-corrected chi connectivity index (χ2v) is 5.44. The fourth-order valence-corrected chi connectivity index (χ4v) is 2.09. The number of aromatic nitrogens is 2. The van der Waals surface area contributed by atoms with Crippen LogP contribution in [0.1, 0.15) is 11.1 Å². The summed E-state index contributed by atoms with van der Waals surface area (Å²) in [5.41, 5.74) is 14.9. The van der Waals surface area contributed by atoms with Crippen LogP contribution in [0.25, 0.3) is 0 Å². The zero-order valence-corrected chi connectivity index (χ0v) is 13.5. The van der Waals surface area contributed by atoms with Crippen LogP contribution in [0.4, 0.5) is 11.4 Å². The highest BCUT2D eigenvalue weighted by molar-refractivity contribution is 5.51. The van der Waals surface area contributed by atoms with Crippen LogP contribution >= 0.6 is 0 Å². The minimum Gasteiger partial charge on any atom is -0.437 e. The van der Waals surface area contributed by atoms with Crippen molar-refractivity contribution >= 4 is 11.4 Å².